The number of aromatic amines is 1. The van der Waals surface area contributed by atoms with Gasteiger partial charge in [-0.15, -0.1) is 0 Å². The average Bonchev–Trinajstić information content (AvgIpc) is 3.17. The molecule has 0 fully saturated rings. The number of nitrogens with zero attached hydrogens (tertiary/aromatic N) is 1. The van der Waals surface area contributed by atoms with Crippen molar-refractivity contribution < 1.29 is 9.90 Å². The zero-order chi connectivity index (χ0) is 21.2. The lowest BCUT2D eigenvalue weighted by Crippen LogP contribution is -2.30. The Bertz CT molecular complexity index is 988. The molecule has 1 heterocycles. The molecule has 154 valence electrons. The lowest BCUT2D eigenvalue weighted by molar-refractivity contribution is 0.0768. The summed E-state index contributed by atoms with van der Waals surface area (Å²) in [5.74, 6) is 0.280. The lowest BCUT2D eigenvalue weighted by atomic mass is 9.68. The second-order valence-corrected chi connectivity index (χ2v) is 8.29. The summed E-state index contributed by atoms with van der Waals surface area (Å²) in [6.07, 6.45) is 3.08. The third-order valence-electron chi connectivity index (χ3n) is 6.40. The monoisotopic (exact) mass is 392 g/mol. The Labute approximate surface area is 173 Å². The Hall–Kier alpha value is -2.59. The fourth-order valence-corrected chi connectivity index (χ4v) is 4.11. The van der Waals surface area contributed by atoms with Crippen LogP contribution >= 0.6 is 0 Å². The Morgan fingerprint density at radius 2 is 1.86 bits per heavy atom. The fourth-order valence-electron chi connectivity index (χ4n) is 4.11. The van der Waals surface area contributed by atoms with Crippen molar-refractivity contribution in [3.05, 3.63) is 70.9 Å². The van der Waals surface area contributed by atoms with Gasteiger partial charge >= 0.3 is 0 Å². The van der Waals surface area contributed by atoms with Crippen molar-refractivity contribution >= 4 is 16.8 Å². The van der Waals surface area contributed by atoms with E-state index in [0.29, 0.717) is 18.0 Å². The number of rotatable bonds is 7. The summed E-state index contributed by atoms with van der Waals surface area (Å²) >= 11 is 0. The first kappa shape index (κ1) is 21.1. The summed E-state index contributed by atoms with van der Waals surface area (Å²) in [4.78, 5) is 17.8. The highest BCUT2D eigenvalue weighted by Crippen LogP contribution is 2.42. The maximum atomic E-state index is 12.9. The molecule has 3 rings (SSSR count). The van der Waals surface area contributed by atoms with E-state index in [2.05, 4.69) is 69.2 Å². The van der Waals surface area contributed by atoms with Gasteiger partial charge in [0.1, 0.15) is 0 Å². The maximum Gasteiger partial charge on any atom is 0.255 e. The van der Waals surface area contributed by atoms with Crippen molar-refractivity contribution in [1.82, 2.24) is 9.88 Å². The molecule has 4 nitrogen and oxygen atoms in total. The summed E-state index contributed by atoms with van der Waals surface area (Å²) in [5, 5.41) is 10.3. The highest BCUT2D eigenvalue weighted by molar-refractivity contribution is 6.06. The number of fused-ring (bicyclic) bond motifs is 1. The summed E-state index contributed by atoms with van der Waals surface area (Å²) in [5.41, 5.74) is 5.11. The largest absolute Gasteiger partial charge is 0.395 e. The number of H-pyrrole nitrogens is 1. The van der Waals surface area contributed by atoms with E-state index in [1.165, 1.54) is 16.7 Å². The van der Waals surface area contributed by atoms with E-state index in [4.69, 9.17) is 0 Å². The number of aliphatic hydroxyl groups excluding tert-OH is 1. The molecule has 0 bridgehead atoms. The molecule has 4 heteroatoms. The summed E-state index contributed by atoms with van der Waals surface area (Å²) in [7, 11) is 1.72. The third kappa shape index (κ3) is 3.69. The number of hydrogen-bond acceptors (Lipinski definition) is 2. The van der Waals surface area contributed by atoms with E-state index in [9.17, 15) is 9.90 Å². The van der Waals surface area contributed by atoms with Crippen molar-refractivity contribution in [1.29, 1.82) is 0 Å². The van der Waals surface area contributed by atoms with Crippen LogP contribution in [0.4, 0.5) is 0 Å². The zero-order valence-electron chi connectivity index (χ0n) is 18.1. The van der Waals surface area contributed by atoms with E-state index in [0.717, 1.165) is 17.3 Å². The minimum absolute atomic E-state index is 0.0482. The number of amides is 1. The number of carbonyl (C=O) groups excluding carboxylic acids is 1. The predicted molar refractivity (Wildman–Crippen MR) is 119 cm³/mol. The molecule has 2 aromatic carbocycles. The first-order chi connectivity index (χ1) is 13.8. The first-order valence-corrected chi connectivity index (χ1v) is 10.4. The summed E-state index contributed by atoms with van der Waals surface area (Å²) in [6, 6.07) is 14.8. The highest BCUT2D eigenvalue weighted by Gasteiger charge is 2.35. The molecule has 2 N–H and O–H groups in total. The molecule has 0 radical (unpaired) electrons. The van der Waals surface area contributed by atoms with Crippen molar-refractivity contribution in [2.75, 3.05) is 20.2 Å². The standard InChI is InChI=1S/C25H32N2O2/c1-6-18-10-12-19(13-11-18)25(4,17(2)3)22-16-26-23-20(22)8-7-9-21(23)24(29)27(5)14-15-28/h7-13,16-17,26,28H,6,14-15H2,1-5H3. The molecule has 0 aliphatic heterocycles. The molecule has 0 spiro atoms. The van der Waals surface area contributed by atoms with Gasteiger partial charge in [-0.25, -0.2) is 0 Å². The van der Waals surface area contributed by atoms with Gasteiger partial charge in [0.15, 0.2) is 0 Å². The number of aliphatic hydroxyl groups is 1. The molecule has 0 saturated heterocycles. The van der Waals surface area contributed by atoms with Crippen molar-refractivity contribution in [2.24, 2.45) is 5.92 Å². The molecule has 0 saturated carbocycles. The second kappa shape index (κ2) is 8.42. The van der Waals surface area contributed by atoms with Crippen molar-refractivity contribution in [3.8, 4) is 0 Å². The number of likely N-dealkylation sites (N-methyl/N-ethyl adjacent to an activating group) is 1. The Kier molecular flexibility index (Phi) is 6.13. The van der Waals surface area contributed by atoms with E-state index >= 15 is 0 Å². The molecule has 0 aliphatic carbocycles. The zero-order valence-corrected chi connectivity index (χ0v) is 18.1. The van der Waals surface area contributed by atoms with E-state index in [1.54, 1.807) is 11.9 Å². The third-order valence-corrected chi connectivity index (χ3v) is 6.40. The molecule has 1 aromatic heterocycles. The maximum absolute atomic E-state index is 12.9. The van der Waals surface area contributed by atoms with Crippen LogP contribution < -0.4 is 0 Å². The van der Waals surface area contributed by atoms with Gasteiger partial charge in [0, 0.05) is 30.6 Å². The Morgan fingerprint density at radius 1 is 1.17 bits per heavy atom. The molecular formula is C25H32N2O2. The van der Waals surface area contributed by atoms with Gasteiger partial charge in [-0.2, -0.15) is 0 Å². The molecule has 29 heavy (non-hydrogen) atoms. The van der Waals surface area contributed by atoms with Gasteiger partial charge in [0.25, 0.3) is 5.91 Å². The number of hydrogen-bond donors (Lipinski definition) is 2. The number of aryl methyl sites for hydroxylation is 1. The summed E-state index contributed by atoms with van der Waals surface area (Å²) in [6.45, 7) is 9.22. The molecular weight excluding hydrogens is 360 g/mol. The van der Waals surface area contributed by atoms with Gasteiger partial charge in [0.05, 0.1) is 17.7 Å². The van der Waals surface area contributed by atoms with Crippen molar-refractivity contribution in [3.63, 3.8) is 0 Å². The Balaban J connectivity index is 2.14. The number of aromatic nitrogens is 1. The topological polar surface area (TPSA) is 56.3 Å². The Morgan fingerprint density at radius 3 is 2.45 bits per heavy atom. The van der Waals surface area contributed by atoms with E-state index in [1.807, 2.05) is 12.1 Å². The number of benzene rings is 2. The SMILES string of the molecule is CCc1ccc(C(C)(c2c[nH]c3c(C(=O)N(C)CCO)cccc23)C(C)C)cc1. The smallest absolute Gasteiger partial charge is 0.255 e. The minimum Gasteiger partial charge on any atom is -0.395 e. The van der Waals surface area contributed by atoms with Crippen LogP contribution in [0.25, 0.3) is 10.9 Å². The number of para-hydroxylation sites is 1. The van der Waals surface area contributed by atoms with Crippen LogP contribution in [0.15, 0.2) is 48.7 Å². The summed E-state index contributed by atoms with van der Waals surface area (Å²) < 4.78 is 0. The fraction of sp³-hybridized carbons (Fsp3) is 0.400. The van der Waals surface area contributed by atoms with Crippen molar-refractivity contribution in [2.45, 2.75) is 39.5 Å². The van der Waals surface area contributed by atoms with Gasteiger partial charge in [-0.1, -0.05) is 64.1 Å². The van der Waals surface area contributed by atoms with E-state index < -0.39 is 0 Å². The number of carbonyl (C=O) groups is 1. The predicted octanol–water partition coefficient (Wildman–Crippen LogP) is 4.76. The lowest BCUT2D eigenvalue weighted by Gasteiger charge is -2.35. The first-order valence-electron chi connectivity index (χ1n) is 10.4. The van der Waals surface area contributed by atoms with E-state index in [-0.39, 0.29) is 17.9 Å². The molecule has 1 amide bonds. The van der Waals surface area contributed by atoms with Crippen LogP contribution in [-0.2, 0) is 11.8 Å². The van der Waals surface area contributed by atoms with Crippen LogP contribution in [-0.4, -0.2) is 41.1 Å². The van der Waals surface area contributed by atoms with Gasteiger partial charge in [-0.3, -0.25) is 4.79 Å². The van der Waals surface area contributed by atoms with Gasteiger partial charge < -0.3 is 15.0 Å². The normalized spacial score (nSPS) is 13.6. The van der Waals surface area contributed by atoms with Crippen LogP contribution in [0, 0.1) is 5.92 Å². The molecule has 1 unspecified atom stereocenters. The van der Waals surface area contributed by atoms with Crippen LogP contribution in [0.2, 0.25) is 0 Å². The molecule has 1 atom stereocenters. The van der Waals surface area contributed by atoms with Crippen LogP contribution in [0.3, 0.4) is 0 Å². The molecule has 3 aromatic rings. The minimum atomic E-state index is -0.191. The van der Waals surface area contributed by atoms with Crippen LogP contribution in [0.5, 0.6) is 0 Å². The second-order valence-electron chi connectivity index (χ2n) is 8.29. The van der Waals surface area contributed by atoms with Gasteiger partial charge in [-0.05, 0) is 35.1 Å². The quantitative estimate of drug-likeness (QED) is 0.609. The number of nitrogens with one attached hydrogen (secondary N) is 1. The van der Waals surface area contributed by atoms with Gasteiger partial charge in [0.2, 0.25) is 0 Å². The average molecular weight is 393 g/mol. The molecule has 0 aliphatic rings. The highest BCUT2D eigenvalue weighted by atomic mass is 16.3. The van der Waals surface area contributed by atoms with Crippen LogP contribution in [0.1, 0.15) is 54.7 Å².